The molecule has 0 N–H and O–H groups in total. The number of hydrogen-bond acceptors (Lipinski definition) is 2. The van der Waals surface area contributed by atoms with Crippen molar-refractivity contribution >= 4 is 33.3 Å². The molecule has 5 aromatic rings. The Morgan fingerprint density at radius 3 is 2.03 bits per heavy atom. The SMILES string of the molecule is CC(C)c1ccc(N(C)c2cccc3c2oc2c(-c4ccccc4)cccc23)cc1. The highest BCUT2D eigenvalue weighted by atomic mass is 16.3. The second-order valence-electron chi connectivity index (χ2n) is 8.11. The Morgan fingerprint density at radius 2 is 1.33 bits per heavy atom. The Labute approximate surface area is 177 Å². The highest BCUT2D eigenvalue weighted by Crippen LogP contribution is 2.40. The first-order chi connectivity index (χ1) is 14.6. The van der Waals surface area contributed by atoms with Crippen LogP contribution in [0.25, 0.3) is 33.1 Å². The summed E-state index contributed by atoms with van der Waals surface area (Å²) in [5, 5.41) is 2.29. The van der Waals surface area contributed by atoms with E-state index in [1.54, 1.807) is 0 Å². The van der Waals surface area contributed by atoms with Gasteiger partial charge in [0.1, 0.15) is 5.58 Å². The van der Waals surface area contributed by atoms with Gasteiger partial charge in [0.15, 0.2) is 5.58 Å². The first-order valence-corrected chi connectivity index (χ1v) is 10.5. The van der Waals surface area contributed by atoms with Crippen LogP contribution < -0.4 is 4.90 Å². The summed E-state index contributed by atoms with van der Waals surface area (Å²) >= 11 is 0. The minimum Gasteiger partial charge on any atom is -0.453 e. The van der Waals surface area contributed by atoms with E-state index in [1.807, 2.05) is 6.07 Å². The van der Waals surface area contributed by atoms with Crippen molar-refractivity contribution in [1.29, 1.82) is 0 Å². The molecule has 0 aliphatic heterocycles. The molecule has 1 heterocycles. The molecule has 2 nitrogen and oxygen atoms in total. The lowest BCUT2D eigenvalue weighted by Gasteiger charge is -2.20. The van der Waals surface area contributed by atoms with Crippen molar-refractivity contribution in [3.8, 4) is 11.1 Å². The summed E-state index contributed by atoms with van der Waals surface area (Å²) < 4.78 is 6.53. The fourth-order valence-corrected chi connectivity index (χ4v) is 4.14. The van der Waals surface area contributed by atoms with E-state index in [1.165, 1.54) is 11.1 Å². The first-order valence-electron chi connectivity index (χ1n) is 10.5. The van der Waals surface area contributed by atoms with E-state index in [4.69, 9.17) is 4.42 Å². The van der Waals surface area contributed by atoms with Crippen LogP contribution in [0.15, 0.2) is 95.4 Å². The van der Waals surface area contributed by atoms with Crippen molar-refractivity contribution in [1.82, 2.24) is 0 Å². The number of hydrogen-bond donors (Lipinski definition) is 0. The zero-order valence-corrected chi connectivity index (χ0v) is 17.6. The van der Waals surface area contributed by atoms with Crippen LogP contribution in [0.1, 0.15) is 25.3 Å². The van der Waals surface area contributed by atoms with Crippen LogP contribution >= 0.6 is 0 Å². The van der Waals surface area contributed by atoms with Crippen LogP contribution in [0.5, 0.6) is 0 Å². The van der Waals surface area contributed by atoms with E-state index >= 15 is 0 Å². The lowest BCUT2D eigenvalue weighted by Crippen LogP contribution is -2.09. The summed E-state index contributed by atoms with van der Waals surface area (Å²) in [6.07, 6.45) is 0. The van der Waals surface area contributed by atoms with Gasteiger partial charge in [-0.1, -0.05) is 86.6 Å². The molecular weight excluding hydrogens is 366 g/mol. The number of furan rings is 1. The van der Waals surface area contributed by atoms with Gasteiger partial charge in [0.05, 0.1) is 5.69 Å². The van der Waals surface area contributed by atoms with Crippen molar-refractivity contribution in [2.45, 2.75) is 19.8 Å². The average molecular weight is 392 g/mol. The summed E-state index contributed by atoms with van der Waals surface area (Å²) in [5.41, 5.74) is 7.72. The van der Waals surface area contributed by atoms with Gasteiger partial charge >= 0.3 is 0 Å². The van der Waals surface area contributed by atoms with Crippen LogP contribution in [0.4, 0.5) is 11.4 Å². The van der Waals surface area contributed by atoms with Crippen molar-refractivity contribution in [2.24, 2.45) is 0 Å². The molecule has 30 heavy (non-hydrogen) atoms. The Kier molecular flexibility index (Phi) is 4.55. The number of benzene rings is 4. The second kappa shape index (κ2) is 7.38. The summed E-state index contributed by atoms with van der Waals surface area (Å²) in [6.45, 7) is 4.44. The summed E-state index contributed by atoms with van der Waals surface area (Å²) in [7, 11) is 2.10. The van der Waals surface area contributed by atoms with Gasteiger partial charge < -0.3 is 9.32 Å². The average Bonchev–Trinajstić information content (AvgIpc) is 3.18. The number of fused-ring (bicyclic) bond motifs is 3. The summed E-state index contributed by atoms with van der Waals surface area (Å²) in [5.74, 6) is 0.527. The molecule has 2 heteroatoms. The molecule has 4 aromatic carbocycles. The lowest BCUT2D eigenvalue weighted by atomic mass is 10.0. The molecule has 1 aromatic heterocycles. The molecule has 0 unspecified atom stereocenters. The molecule has 0 spiro atoms. The van der Waals surface area contributed by atoms with Crippen LogP contribution in [0.2, 0.25) is 0 Å². The van der Waals surface area contributed by atoms with E-state index in [9.17, 15) is 0 Å². The fraction of sp³-hybridized carbons (Fsp3) is 0.143. The highest BCUT2D eigenvalue weighted by Gasteiger charge is 2.17. The van der Waals surface area contributed by atoms with Crippen LogP contribution in [0, 0.1) is 0 Å². The maximum Gasteiger partial charge on any atom is 0.159 e. The molecule has 0 amide bonds. The molecular formula is C28H25NO. The lowest BCUT2D eigenvalue weighted by molar-refractivity contribution is 0.669. The van der Waals surface area contributed by atoms with Gasteiger partial charge in [0.25, 0.3) is 0 Å². The van der Waals surface area contributed by atoms with Gasteiger partial charge in [-0.15, -0.1) is 0 Å². The zero-order chi connectivity index (χ0) is 20.7. The van der Waals surface area contributed by atoms with Crippen LogP contribution in [-0.4, -0.2) is 7.05 Å². The highest BCUT2D eigenvalue weighted by molar-refractivity contribution is 6.12. The molecule has 0 atom stereocenters. The molecule has 0 aliphatic rings. The van der Waals surface area contributed by atoms with Crippen LogP contribution in [0.3, 0.4) is 0 Å². The van der Waals surface area contributed by atoms with Crippen LogP contribution in [-0.2, 0) is 0 Å². The monoisotopic (exact) mass is 391 g/mol. The quantitative estimate of drug-likeness (QED) is 0.307. The molecule has 0 radical (unpaired) electrons. The molecule has 148 valence electrons. The van der Waals surface area contributed by atoms with Gasteiger partial charge in [-0.3, -0.25) is 0 Å². The topological polar surface area (TPSA) is 16.4 Å². The van der Waals surface area contributed by atoms with Crippen molar-refractivity contribution < 1.29 is 4.42 Å². The minimum absolute atomic E-state index is 0.527. The third-order valence-electron chi connectivity index (χ3n) is 5.90. The van der Waals surface area contributed by atoms with E-state index < -0.39 is 0 Å². The van der Waals surface area contributed by atoms with E-state index in [0.717, 1.165) is 38.9 Å². The van der Waals surface area contributed by atoms with Gasteiger partial charge in [0, 0.05) is 29.1 Å². The number of nitrogens with zero attached hydrogens (tertiary/aromatic N) is 1. The second-order valence-corrected chi connectivity index (χ2v) is 8.11. The maximum absolute atomic E-state index is 6.53. The smallest absolute Gasteiger partial charge is 0.159 e. The third kappa shape index (κ3) is 3.05. The van der Waals surface area contributed by atoms with Crippen molar-refractivity contribution in [3.63, 3.8) is 0 Å². The molecule has 0 aliphatic carbocycles. The minimum atomic E-state index is 0.527. The maximum atomic E-state index is 6.53. The predicted octanol–water partition coefficient (Wildman–Crippen LogP) is 8.14. The third-order valence-corrected chi connectivity index (χ3v) is 5.90. The normalized spacial score (nSPS) is 11.5. The standard InChI is InChI=1S/C28H25NO/c1-19(2)20-15-17-22(18-16-20)29(3)26-14-8-13-25-24-12-7-11-23(27(24)30-28(25)26)21-9-5-4-6-10-21/h4-19H,1-3H3. The first kappa shape index (κ1) is 18.5. The van der Waals surface area contributed by atoms with E-state index in [-0.39, 0.29) is 0 Å². The fourth-order valence-electron chi connectivity index (χ4n) is 4.14. The molecule has 0 bridgehead atoms. The largest absolute Gasteiger partial charge is 0.453 e. The molecule has 0 saturated heterocycles. The van der Waals surface area contributed by atoms with Crippen molar-refractivity contribution in [2.75, 3.05) is 11.9 Å². The summed E-state index contributed by atoms with van der Waals surface area (Å²) in [4.78, 5) is 2.21. The Morgan fingerprint density at radius 1 is 0.667 bits per heavy atom. The van der Waals surface area contributed by atoms with E-state index in [0.29, 0.717) is 5.92 Å². The number of rotatable bonds is 4. The van der Waals surface area contributed by atoms with E-state index in [2.05, 4.69) is 111 Å². The molecule has 5 rings (SSSR count). The molecule has 0 saturated carbocycles. The van der Waals surface area contributed by atoms with Gasteiger partial charge in [0.2, 0.25) is 0 Å². The Hall–Kier alpha value is -3.52. The summed E-state index contributed by atoms with van der Waals surface area (Å²) in [6, 6.07) is 32.0. The Bertz CT molecular complexity index is 1310. The van der Waals surface area contributed by atoms with Gasteiger partial charge in [-0.2, -0.15) is 0 Å². The van der Waals surface area contributed by atoms with Gasteiger partial charge in [-0.05, 0) is 35.2 Å². The number of para-hydroxylation sites is 2. The van der Waals surface area contributed by atoms with Gasteiger partial charge in [-0.25, -0.2) is 0 Å². The predicted molar refractivity (Wildman–Crippen MR) is 128 cm³/mol. The molecule has 0 fully saturated rings. The Balaban J connectivity index is 1.67. The van der Waals surface area contributed by atoms with Crippen molar-refractivity contribution in [3.05, 3.63) is 96.6 Å². The zero-order valence-electron chi connectivity index (χ0n) is 17.6. The number of anilines is 2.